The first kappa shape index (κ1) is 13.0. The fourth-order valence-electron chi connectivity index (χ4n) is 1.72. The van der Waals surface area contributed by atoms with E-state index in [-0.39, 0.29) is 0 Å². The zero-order chi connectivity index (χ0) is 13.1. The van der Waals surface area contributed by atoms with Crippen LogP contribution >= 0.6 is 0 Å². The predicted octanol–water partition coefficient (Wildman–Crippen LogP) is 0.211. The van der Waals surface area contributed by atoms with Crippen LogP contribution in [0, 0.1) is 0 Å². The van der Waals surface area contributed by atoms with Gasteiger partial charge in [0.05, 0.1) is 13.2 Å². The van der Waals surface area contributed by atoms with Crippen LogP contribution in [0.5, 0.6) is 0 Å². The van der Waals surface area contributed by atoms with Crippen LogP contribution in [0.2, 0.25) is 0 Å². The third-order valence-corrected chi connectivity index (χ3v) is 2.72. The number of aliphatic hydroxyl groups excluding tert-OH is 2. The Morgan fingerprint density at radius 1 is 1.17 bits per heavy atom. The predicted molar refractivity (Wildman–Crippen MR) is 59.7 cm³/mol. The molecule has 1 aromatic rings. The number of carbonyl (C=O) groups is 1. The first-order chi connectivity index (χ1) is 8.59. The van der Waals surface area contributed by atoms with Crippen molar-refractivity contribution in [3.8, 4) is 0 Å². The Kier molecular flexibility index (Phi) is 3.93. The first-order valence-electron chi connectivity index (χ1n) is 5.51. The van der Waals surface area contributed by atoms with E-state index in [1.807, 2.05) is 0 Å². The Balaban J connectivity index is 2.09. The molecule has 18 heavy (non-hydrogen) atoms. The van der Waals surface area contributed by atoms with Crippen molar-refractivity contribution in [1.29, 1.82) is 0 Å². The number of hydrogen-bond donors (Lipinski definition) is 3. The summed E-state index contributed by atoms with van der Waals surface area (Å²) in [5.41, 5.74) is 1.11. The number of hydrogen-bond acceptors (Lipinski definition) is 5. The fraction of sp³-hybridized carbons (Fsp3) is 0.417. The Bertz CT molecular complexity index is 409. The summed E-state index contributed by atoms with van der Waals surface area (Å²) >= 11 is 0. The number of carboxylic acids is 1. The Labute approximate surface area is 103 Å². The minimum atomic E-state index is -1.84. The van der Waals surface area contributed by atoms with Gasteiger partial charge in [-0.05, 0) is 5.56 Å². The molecule has 1 aliphatic heterocycles. The molecular formula is C12H14O6. The molecule has 0 amide bonds. The molecule has 0 radical (unpaired) electrons. The summed E-state index contributed by atoms with van der Waals surface area (Å²) in [5, 5.41) is 27.4. The molecule has 2 rings (SSSR count). The van der Waals surface area contributed by atoms with Gasteiger partial charge in [-0.1, -0.05) is 24.3 Å². The van der Waals surface area contributed by atoms with Gasteiger partial charge in [-0.2, -0.15) is 0 Å². The molecule has 1 aliphatic rings. The molecule has 0 aromatic heterocycles. The number of carboxylic acid groups (broad SMARTS) is 1. The normalized spacial score (nSPS) is 19.7. The molecule has 3 N–H and O–H groups in total. The maximum absolute atomic E-state index is 10.5. The molecule has 98 valence electrons. The van der Waals surface area contributed by atoms with Gasteiger partial charge in [-0.15, -0.1) is 0 Å². The third-order valence-electron chi connectivity index (χ3n) is 2.72. The van der Waals surface area contributed by atoms with Gasteiger partial charge in [-0.3, -0.25) is 0 Å². The summed E-state index contributed by atoms with van der Waals surface area (Å²) in [5.74, 6) is -1.46. The molecule has 1 fully saturated rings. The minimum Gasteiger partial charge on any atom is -0.479 e. The Morgan fingerprint density at radius 3 is 2.22 bits per heavy atom. The van der Waals surface area contributed by atoms with Gasteiger partial charge >= 0.3 is 5.97 Å². The fourth-order valence-corrected chi connectivity index (χ4v) is 1.72. The van der Waals surface area contributed by atoms with E-state index in [9.17, 15) is 15.0 Å². The van der Waals surface area contributed by atoms with Crippen LogP contribution in [0.3, 0.4) is 0 Å². The summed E-state index contributed by atoms with van der Waals surface area (Å²) in [6.45, 7) is 1.07. The Morgan fingerprint density at radius 2 is 1.72 bits per heavy atom. The topological polar surface area (TPSA) is 96.2 Å². The van der Waals surface area contributed by atoms with Gasteiger partial charge in [-0.25, -0.2) is 4.79 Å². The largest absolute Gasteiger partial charge is 0.479 e. The van der Waals surface area contributed by atoms with Gasteiger partial charge in [0, 0.05) is 5.56 Å². The monoisotopic (exact) mass is 254 g/mol. The third kappa shape index (κ3) is 2.68. The lowest BCUT2D eigenvalue weighted by Crippen LogP contribution is -2.27. The van der Waals surface area contributed by atoms with Crippen molar-refractivity contribution in [1.82, 2.24) is 0 Å². The molecule has 1 saturated heterocycles. The molecule has 6 heteroatoms. The number of aliphatic hydroxyl groups is 2. The average Bonchev–Trinajstić information content (AvgIpc) is 2.91. The molecule has 0 saturated carbocycles. The standard InChI is InChI=1S/C12H14O6/c13-9(10(14)11(15)16)7-1-3-8(4-2-7)12-17-5-6-18-12/h1-4,9-10,12-14H,5-6H2,(H,15,16). The Hall–Kier alpha value is -1.47. The lowest BCUT2D eigenvalue weighted by molar-refractivity contribution is -0.153. The zero-order valence-electron chi connectivity index (χ0n) is 9.52. The number of rotatable bonds is 4. The van der Waals surface area contributed by atoms with E-state index in [4.69, 9.17) is 14.6 Å². The maximum Gasteiger partial charge on any atom is 0.335 e. The number of ether oxygens (including phenoxy) is 2. The molecule has 2 atom stereocenters. The summed E-state index contributed by atoms with van der Waals surface area (Å²) in [7, 11) is 0. The van der Waals surface area contributed by atoms with E-state index in [1.165, 1.54) is 12.1 Å². The quantitative estimate of drug-likeness (QED) is 0.711. The highest BCUT2D eigenvalue weighted by Crippen LogP contribution is 2.25. The van der Waals surface area contributed by atoms with Crippen LogP contribution in [-0.2, 0) is 14.3 Å². The van der Waals surface area contributed by atoms with Gasteiger partial charge in [0.25, 0.3) is 0 Å². The van der Waals surface area contributed by atoms with Crippen LogP contribution in [-0.4, -0.2) is 40.6 Å². The smallest absolute Gasteiger partial charge is 0.335 e. The molecule has 6 nitrogen and oxygen atoms in total. The minimum absolute atomic E-state index is 0.326. The molecule has 0 bridgehead atoms. The second-order valence-corrected chi connectivity index (χ2v) is 3.97. The summed E-state index contributed by atoms with van der Waals surface area (Å²) in [4.78, 5) is 10.5. The summed E-state index contributed by atoms with van der Waals surface area (Å²) < 4.78 is 10.6. The average molecular weight is 254 g/mol. The van der Waals surface area contributed by atoms with Crippen molar-refractivity contribution in [2.24, 2.45) is 0 Å². The lowest BCUT2D eigenvalue weighted by Gasteiger charge is -2.15. The van der Waals surface area contributed by atoms with Crippen molar-refractivity contribution >= 4 is 5.97 Å². The number of aliphatic carboxylic acids is 1. The molecule has 1 aromatic carbocycles. The van der Waals surface area contributed by atoms with Crippen LogP contribution in [0.1, 0.15) is 23.5 Å². The van der Waals surface area contributed by atoms with Crippen LogP contribution < -0.4 is 0 Å². The molecule has 0 spiro atoms. The highest BCUT2D eigenvalue weighted by molar-refractivity contribution is 5.73. The van der Waals surface area contributed by atoms with E-state index >= 15 is 0 Å². The van der Waals surface area contributed by atoms with Crippen molar-refractivity contribution in [2.45, 2.75) is 18.5 Å². The van der Waals surface area contributed by atoms with Crippen molar-refractivity contribution in [2.75, 3.05) is 13.2 Å². The molecule has 2 unspecified atom stereocenters. The van der Waals surface area contributed by atoms with Crippen LogP contribution in [0.4, 0.5) is 0 Å². The van der Waals surface area contributed by atoms with E-state index in [1.54, 1.807) is 12.1 Å². The van der Waals surface area contributed by atoms with Gasteiger partial charge in [0.15, 0.2) is 12.4 Å². The second-order valence-electron chi connectivity index (χ2n) is 3.97. The van der Waals surface area contributed by atoms with E-state index in [2.05, 4.69) is 0 Å². The van der Waals surface area contributed by atoms with Crippen molar-refractivity contribution in [3.63, 3.8) is 0 Å². The first-order valence-corrected chi connectivity index (χ1v) is 5.51. The highest BCUT2D eigenvalue weighted by Gasteiger charge is 2.25. The summed E-state index contributed by atoms with van der Waals surface area (Å²) in [6, 6.07) is 6.42. The molecular weight excluding hydrogens is 240 g/mol. The molecule has 1 heterocycles. The van der Waals surface area contributed by atoms with Crippen molar-refractivity contribution in [3.05, 3.63) is 35.4 Å². The van der Waals surface area contributed by atoms with Gasteiger partial charge in [0.1, 0.15) is 6.10 Å². The van der Waals surface area contributed by atoms with Crippen LogP contribution in [0.25, 0.3) is 0 Å². The lowest BCUT2D eigenvalue weighted by atomic mass is 10.0. The van der Waals surface area contributed by atoms with E-state index < -0.39 is 24.5 Å². The second kappa shape index (κ2) is 5.45. The summed E-state index contributed by atoms with van der Waals surface area (Å²) in [6.07, 6.45) is -3.71. The van der Waals surface area contributed by atoms with Gasteiger partial charge < -0.3 is 24.8 Å². The van der Waals surface area contributed by atoms with Crippen molar-refractivity contribution < 1.29 is 29.6 Å². The van der Waals surface area contributed by atoms with E-state index in [0.29, 0.717) is 18.8 Å². The van der Waals surface area contributed by atoms with Crippen LogP contribution in [0.15, 0.2) is 24.3 Å². The highest BCUT2D eigenvalue weighted by atomic mass is 16.7. The SMILES string of the molecule is O=C(O)C(O)C(O)c1ccc(C2OCCO2)cc1. The molecule has 0 aliphatic carbocycles. The van der Waals surface area contributed by atoms with Gasteiger partial charge in [0.2, 0.25) is 0 Å². The van der Waals surface area contributed by atoms with E-state index in [0.717, 1.165) is 5.56 Å². The maximum atomic E-state index is 10.5. The zero-order valence-corrected chi connectivity index (χ0v) is 9.52. The number of benzene rings is 1.